The monoisotopic (exact) mass is 230 g/mol. The molecule has 0 amide bonds. The van der Waals surface area contributed by atoms with Gasteiger partial charge in [0.15, 0.2) is 0 Å². The summed E-state index contributed by atoms with van der Waals surface area (Å²) in [5.74, 6) is -0.0476. The molecule has 1 aromatic rings. The highest BCUT2D eigenvalue weighted by Gasteiger charge is 2.41. The summed E-state index contributed by atoms with van der Waals surface area (Å²) in [5.41, 5.74) is -0.385. The van der Waals surface area contributed by atoms with Crippen LogP contribution in [0.25, 0.3) is 0 Å². The first kappa shape index (κ1) is 10.7. The molecule has 2 rings (SSSR count). The van der Waals surface area contributed by atoms with Crippen molar-refractivity contribution in [3.05, 3.63) is 28.5 Å². The van der Waals surface area contributed by atoms with E-state index < -0.39 is 11.4 Å². The number of aliphatic hydroxyl groups is 1. The molecule has 0 spiro atoms. The van der Waals surface area contributed by atoms with Crippen LogP contribution in [0.2, 0.25) is 5.02 Å². The van der Waals surface area contributed by atoms with Gasteiger partial charge in [0.2, 0.25) is 0 Å². The molecule has 4 heteroatoms. The molecule has 82 valence electrons. The fraction of sp³-hybridized carbons (Fsp3) is 0.455. The number of methoxy groups -OCH3 is 1. The SMILES string of the molecule is COc1ccc(Cl)c(F)c1CC1(O)CC1. The van der Waals surface area contributed by atoms with E-state index in [0.29, 0.717) is 24.2 Å². The highest BCUT2D eigenvalue weighted by molar-refractivity contribution is 6.30. The summed E-state index contributed by atoms with van der Waals surface area (Å²) in [7, 11) is 1.48. The van der Waals surface area contributed by atoms with Crippen molar-refractivity contribution in [2.24, 2.45) is 0 Å². The van der Waals surface area contributed by atoms with Gasteiger partial charge in [0.25, 0.3) is 0 Å². The van der Waals surface area contributed by atoms with Crippen LogP contribution in [0.3, 0.4) is 0 Å². The van der Waals surface area contributed by atoms with E-state index in [1.54, 1.807) is 6.07 Å². The molecular weight excluding hydrogens is 219 g/mol. The second kappa shape index (κ2) is 3.65. The van der Waals surface area contributed by atoms with Crippen molar-refractivity contribution >= 4 is 11.6 Å². The van der Waals surface area contributed by atoms with Gasteiger partial charge >= 0.3 is 0 Å². The predicted octanol–water partition coefficient (Wildman–Crippen LogP) is 2.56. The second-order valence-electron chi connectivity index (χ2n) is 3.94. The third-order valence-electron chi connectivity index (χ3n) is 2.71. The summed E-state index contributed by atoms with van der Waals surface area (Å²) in [6.45, 7) is 0. The molecule has 2 nitrogen and oxygen atoms in total. The molecule has 0 heterocycles. The highest BCUT2D eigenvalue weighted by Crippen LogP contribution is 2.41. The molecule has 0 atom stereocenters. The Morgan fingerprint density at radius 1 is 1.53 bits per heavy atom. The summed E-state index contributed by atoms with van der Waals surface area (Å²) in [4.78, 5) is 0. The van der Waals surface area contributed by atoms with E-state index in [0.717, 1.165) is 0 Å². The molecule has 0 saturated heterocycles. The second-order valence-corrected chi connectivity index (χ2v) is 4.35. The molecule has 1 saturated carbocycles. The van der Waals surface area contributed by atoms with Crippen molar-refractivity contribution in [3.63, 3.8) is 0 Å². The summed E-state index contributed by atoms with van der Waals surface area (Å²) in [6, 6.07) is 3.07. The normalized spacial score (nSPS) is 17.6. The Morgan fingerprint density at radius 3 is 2.73 bits per heavy atom. The van der Waals surface area contributed by atoms with Crippen LogP contribution in [0.4, 0.5) is 4.39 Å². The minimum Gasteiger partial charge on any atom is -0.496 e. The first-order valence-corrected chi connectivity index (χ1v) is 5.17. The van der Waals surface area contributed by atoms with E-state index in [-0.39, 0.29) is 11.4 Å². The number of hydrogen-bond acceptors (Lipinski definition) is 2. The van der Waals surface area contributed by atoms with Crippen LogP contribution in [-0.2, 0) is 6.42 Å². The smallest absolute Gasteiger partial charge is 0.148 e. The molecule has 0 radical (unpaired) electrons. The van der Waals surface area contributed by atoms with Crippen LogP contribution in [-0.4, -0.2) is 17.8 Å². The Labute approximate surface area is 92.6 Å². The molecule has 0 bridgehead atoms. The Morgan fingerprint density at radius 2 is 2.20 bits per heavy atom. The summed E-state index contributed by atoms with van der Waals surface area (Å²) in [6.07, 6.45) is 1.69. The van der Waals surface area contributed by atoms with E-state index in [4.69, 9.17) is 16.3 Å². The van der Waals surface area contributed by atoms with Crippen LogP contribution in [0, 0.1) is 5.82 Å². The standard InChI is InChI=1S/C11H12ClFO2/c1-15-9-3-2-8(12)10(13)7(9)6-11(14)4-5-11/h2-3,14H,4-6H2,1H3. The lowest BCUT2D eigenvalue weighted by Crippen LogP contribution is -2.13. The van der Waals surface area contributed by atoms with E-state index in [1.165, 1.54) is 13.2 Å². The van der Waals surface area contributed by atoms with Gasteiger partial charge < -0.3 is 9.84 Å². The minimum absolute atomic E-state index is 0.0649. The fourth-order valence-electron chi connectivity index (χ4n) is 1.58. The summed E-state index contributed by atoms with van der Waals surface area (Å²) >= 11 is 5.68. The molecule has 15 heavy (non-hydrogen) atoms. The van der Waals surface area contributed by atoms with E-state index in [2.05, 4.69) is 0 Å². The summed E-state index contributed by atoms with van der Waals surface area (Å²) < 4.78 is 18.7. The van der Waals surface area contributed by atoms with Crippen LogP contribution in [0.1, 0.15) is 18.4 Å². The van der Waals surface area contributed by atoms with Gasteiger partial charge in [-0.05, 0) is 25.0 Å². The number of halogens is 2. The molecule has 0 aromatic heterocycles. The molecule has 1 fully saturated rings. The molecule has 0 unspecified atom stereocenters. The maximum Gasteiger partial charge on any atom is 0.148 e. The zero-order chi connectivity index (χ0) is 11.1. The predicted molar refractivity (Wildman–Crippen MR) is 55.8 cm³/mol. The first-order valence-electron chi connectivity index (χ1n) is 4.79. The maximum atomic E-state index is 13.7. The van der Waals surface area contributed by atoms with Crippen molar-refractivity contribution in [3.8, 4) is 5.75 Å². The Hall–Kier alpha value is -0.800. The van der Waals surface area contributed by atoms with Gasteiger partial charge in [0, 0.05) is 12.0 Å². The van der Waals surface area contributed by atoms with Crippen LogP contribution in [0.15, 0.2) is 12.1 Å². The zero-order valence-corrected chi connectivity index (χ0v) is 9.14. The average molecular weight is 231 g/mol. The van der Waals surface area contributed by atoms with Crippen molar-refractivity contribution < 1.29 is 14.2 Å². The number of hydrogen-bond donors (Lipinski definition) is 1. The van der Waals surface area contributed by atoms with Crippen molar-refractivity contribution in [1.29, 1.82) is 0 Å². The van der Waals surface area contributed by atoms with Crippen LogP contribution < -0.4 is 4.74 Å². The summed E-state index contributed by atoms with van der Waals surface area (Å²) in [5, 5.41) is 9.82. The average Bonchev–Trinajstić information content (AvgIpc) is 2.92. The van der Waals surface area contributed by atoms with Gasteiger partial charge in [0.05, 0.1) is 17.7 Å². The molecule has 1 aromatic carbocycles. The zero-order valence-electron chi connectivity index (χ0n) is 8.39. The third-order valence-corrected chi connectivity index (χ3v) is 3.00. The van der Waals surface area contributed by atoms with Crippen molar-refractivity contribution in [2.45, 2.75) is 24.9 Å². The van der Waals surface area contributed by atoms with E-state index in [1.807, 2.05) is 0 Å². The molecule has 1 N–H and O–H groups in total. The number of ether oxygens (including phenoxy) is 1. The van der Waals surface area contributed by atoms with Gasteiger partial charge in [-0.15, -0.1) is 0 Å². The Kier molecular flexibility index (Phi) is 2.61. The lowest BCUT2D eigenvalue weighted by Gasteiger charge is -2.13. The van der Waals surface area contributed by atoms with Gasteiger partial charge in [-0.25, -0.2) is 4.39 Å². The van der Waals surface area contributed by atoms with Crippen LogP contribution in [0.5, 0.6) is 5.75 Å². The fourth-order valence-corrected chi connectivity index (χ4v) is 1.76. The molecule has 1 aliphatic carbocycles. The van der Waals surface area contributed by atoms with Gasteiger partial charge in [-0.3, -0.25) is 0 Å². The quantitative estimate of drug-likeness (QED) is 0.865. The van der Waals surface area contributed by atoms with Gasteiger partial charge in [0.1, 0.15) is 11.6 Å². The highest BCUT2D eigenvalue weighted by atomic mass is 35.5. The number of rotatable bonds is 3. The molecule has 1 aliphatic rings. The van der Waals surface area contributed by atoms with Gasteiger partial charge in [-0.1, -0.05) is 11.6 Å². The Balaban J connectivity index is 2.37. The lowest BCUT2D eigenvalue weighted by molar-refractivity contribution is 0.148. The third kappa shape index (κ3) is 2.08. The lowest BCUT2D eigenvalue weighted by atomic mass is 10.0. The van der Waals surface area contributed by atoms with E-state index in [9.17, 15) is 9.50 Å². The molecular formula is C11H12ClFO2. The minimum atomic E-state index is -0.751. The van der Waals surface area contributed by atoms with E-state index >= 15 is 0 Å². The first-order chi connectivity index (χ1) is 7.06. The molecule has 0 aliphatic heterocycles. The maximum absolute atomic E-state index is 13.7. The van der Waals surface area contributed by atoms with Crippen LogP contribution >= 0.6 is 11.6 Å². The largest absolute Gasteiger partial charge is 0.496 e. The number of benzene rings is 1. The van der Waals surface area contributed by atoms with Gasteiger partial charge in [-0.2, -0.15) is 0 Å². The van der Waals surface area contributed by atoms with Crippen molar-refractivity contribution in [1.82, 2.24) is 0 Å². The van der Waals surface area contributed by atoms with Crippen molar-refractivity contribution in [2.75, 3.05) is 7.11 Å². The Bertz CT molecular complexity index is 388. The topological polar surface area (TPSA) is 29.5 Å².